The lowest BCUT2D eigenvalue weighted by Gasteiger charge is -2.22. The predicted molar refractivity (Wildman–Crippen MR) is 108 cm³/mol. The second kappa shape index (κ2) is 9.56. The van der Waals surface area contributed by atoms with Crippen LogP contribution in [0.1, 0.15) is 58.4 Å². The lowest BCUT2D eigenvalue weighted by molar-refractivity contribution is 0.0927. The van der Waals surface area contributed by atoms with Gasteiger partial charge in [-0.3, -0.25) is 9.59 Å². The summed E-state index contributed by atoms with van der Waals surface area (Å²) in [5.41, 5.74) is 2.15. The van der Waals surface area contributed by atoms with Crippen LogP contribution in [0.25, 0.3) is 0 Å². The molecule has 0 spiro atoms. The molecule has 27 heavy (non-hydrogen) atoms. The fourth-order valence-corrected chi connectivity index (χ4v) is 3.52. The summed E-state index contributed by atoms with van der Waals surface area (Å²) in [4.78, 5) is 24.9. The Bertz CT molecular complexity index is 783. The molecule has 5 heteroatoms. The SMILES string of the molecule is O=C(NCCc1ccc(Cl)cc1)c1cccc(C(=O)NC2CCCCC2)c1. The smallest absolute Gasteiger partial charge is 0.251 e. The zero-order valence-electron chi connectivity index (χ0n) is 15.3. The molecule has 3 rings (SSSR count). The Balaban J connectivity index is 1.53. The number of hydrogen-bond acceptors (Lipinski definition) is 2. The summed E-state index contributed by atoms with van der Waals surface area (Å²) >= 11 is 5.88. The molecule has 2 N–H and O–H groups in total. The highest BCUT2D eigenvalue weighted by molar-refractivity contribution is 6.30. The second-order valence-corrected chi connectivity index (χ2v) is 7.46. The van der Waals surface area contributed by atoms with Crippen molar-refractivity contribution in [2.24, 2.45) is 0 Å². The third-order valence-corrected chi connectivity index (χ3v) is 5.19. The summed E-state index contributed by atoms with van der Waals surface area (Å²) < 4.78 is 0. The van der Waals surface area contributed by atoms with Crippen LogP contribution in [0.5, 0.6) is 0 Å². The van der Waals surface area contributed by atoms with E-state index in [0.29, 0.717) is 22.7 Å². The maximum atomic E-state index is 12.5. The number of hydrogen-bond donors (Lipinski definition) is 2. The maximum absolute atomic E-state index is 12.5. The molecule has 2 aromatic rings. The van der Waals surface area contributed by atoms with Crippen LogP contribution in [0.2, 0.25) is 5.02 Å². The van der Waals surface area contributed by atoms with E-state index in [1.54, 1.807) is 24.3 Å². The van der Waals surface area contributed by atoms with Gasteiger partial charge in [0.15, 0.2) is 0 Å². The second-order valence-electron chi connectivity index (χ2n) is 7.02. The molecule has 142 valence electrons. The fourth-order valence-electron chi connectivity index (χ4n) is 3.39. The van der Waals surface area contributed by atoms with E-state index < -0.39 is 0 Å². The van der Waals surface area contributed by atoms with Gasteiger partial charge in [0.05, 0.1) is 0 Å². The number of nitrogens with one attached hydrogen (secondary N) is 2. The van der Waals surface area contributed by atoms with Gasteiger partial charge < -0.3 is 10.6 Å². The van der Waals surface area contributed by atoms with Crippen LogP contribution in [-0.2, 0) is 6.42 Å². The van der Waals surface area contributed by atoms with Gasteiger partial charge in [0.2, 0.25) is 0 Å². The molecule has 1 aliphatic carbocycles. The summed E-state index contributed by atoms with van der Waals surface area (Å²) in [6.07, 6.45) is 6.39. The minimum absolute atomic E-state index is 0.0993. The summed E-state index contributed by atoms with van der Waals surface area (Å²) in [5, 5.41) is 6.70. The molecular weight excluding hydrogens is 360 g/mol. The van der Waals surface area contributed by atoms with E-state index in [2.05, 4.69) is 10.6 Å². The lowest BCUT2D eigenvalue weighted by Crippen LogP contribution is -2.36. The highest BCUT2D eigenvalue weighted by atomic mass is 35.5. The first-order chi connectivity index (χ1) is 13.1. The Hall–Kier alpha value is -2.33. The van der Waals surface area contributed by atoms with Gasteiger partial charge in [0.1, 0.15) is 0 Å². The summed E-state index contributed by atoms with van der Waals surface area (Å²) in [6, 6.07) is 14.7. The van der Waals surface area contributed by atoms with Gasteiger partial charge in [0.25, 0.3) is 11.8 Å². The van der Waals surface area contributed by atoms with Gasteiger partial charge in [-0.15, -0.1) is 0 Å². The summed E-state index contributed by atoms with van der Waals surface area (Å²) in [7, 11) is 0. The minimum atomic E-state index is -0.170. The molecule has 1 aliphatic rings. The van der Waals surface area contributed by atoms with Gasteiger partial charge in [-0.05, 0) is 55.2 Å². The molecule has 1 fully saturated rings. The van der Waals surface area contributed by atoms with E-state index in [1.807, 2.05) is 24.3 Å². The number of benzene rings is 2. The first-order valence-corrected chi connectivity index (χ1v) is 9.93. The molecule has 2 aromatic carbocycles. The van der Waals surface area contributed by atoms with Crippen molar-refractivity contribution in [2.75, 3.05) is 6.54 Å². The van der Waals surface area contributed by atoms with Gasteiger partial charge in [-0.1, -0.05) is 49.1 Å². The molecule has 1 saturated carbocycles. The number of carbonyl (C=O) groups is 2. The molecule has 4 nitrogen and oxygen atoms in total. The van der Waals surface area contributed by atoms with Crippen LogP contribution in [-0.4, -0.2) is 24.4 Å². The quantitative estimate of drug-likeness (QED) is 0.776. The first kappa shape index (κ1) is 19.4. The van der Waals surface area contributed by atoms with Crippen LogP contribution in [0, 0.1) is 0 Å². The van der Waals surface area contributed by atoms with Crippen molar-refractivity contribution < 1.29 is 9.59 Å². The van der Waals surface area contributed by atoms with E-state index in [-0.39, 0.29) is 17.9 Å². The summed E-state index contributed by atoms with van der Waals surface area (Å²) in [5.74, 6) is -0.269. The zero-order valence-corrected chi connectivity index (χ0v) is 16.1. The average molecular weight is 385 g/mol. The summed E-state index contributed by atoms with van der Waals surface area (Å²) in [6.45, 7) is 0.527. The van der Waals surface area contributed by atoms with Crippen LogP contribution in [0.3, 0.4) is 0 Å². The zero-order chi connectivity index (χ0) is 19.1. The molecule has 0 aromatic heterocycles. The van der Waals surface area contributed by atoms with E-state index in [1.165, 1.54) is 19.3 Å². The molecule has 0 atom stereocenters. The van der Waals surface area contributed by atoms with E-state index in [9.17, 15) is 9.59 Å². The number of rotatable bonds is 6. The number of halogens is 1. The molecule has 0 aliphatic heterocycles. The van der Waals surface area contributed by atoms with E-state index in [4.69, 9.17) is 11.6 Å². The van der Waals surface area contributed by atoms with Crippen LogP contribution >= 0.6 is 11.6 Å². The highest BCUT2D eigenvalue weighted by Crippen LogP contribution is 2.18. The van der Waals surface area contributed by atoms with Gasteiger partial charge in [0, 0.05) is 28.7 Å². The molecule has 0 bridgehead atoms. The normalized spacial score (nSPS) is 14.6. The van der Waals surface area contributed by atoms with Crippen LogP contribution < -0.4 is 10.6 Å². The van der Waals surface area contributed by atoms with Gasteiger partial charge in [-0.2, -0.15) is 0 Å². The van der Waals surface area contributed by atoms with Crippen molar-refractivity contribution in [3.8, 4) is 0 Å². The van der Waals surface area contributed by atoms with Crippen molar-refractivity contribution in [1.29, 1.82) is 0 Å². The molecule has 2 amide bonds. The van der Waals surface area contributed by atoms with Gasteiger partial charge in [-0.25, -0.2) is 0 Å². The first-order valence-electron chi connectivity index (χ1n) is 9.55. The lowest BCUT2D eigenvalue weighted by atomic mass is 9.95. The fraction of sp³-hybridized carbons (Fsp3) is 0.364. The van der Waals surface area contributed by atoms with Crippen molar-refractivity contribution in [1.82, 2.24) is 10.6 Å². The Morgan fingerprint density at radius 2 is 1.59 bits per heavy atom. The van der Waals surface area contributed by atoms with Crippen molar-refractivity contribution >= 4 is 23.4 Å². The maximum Gasteiger partial charge on any atom is 0.251 e. The largest absolute Gasteiger partial charge is 0.352 e. The number of carbonyl (C=O) groups excluding carboxylic acids is 2. The number of amides is 2. The third kappa shape index (κ3) is 5.83. The van der Waals surface area contributed by atoms with Crippen molar-refractivity contribution in [2.45, 2.75) is 44.6 Å². The Morgan fingerprint density at radius 3 is 2.30 bits per heavy atom. The third-order valence-electron chi connectivity index (χ3n) is 4.94. The van der Waals surface area contributed by atoms with E-state index >= 15 is 0 Å². The van der Waals surface area contributed by atoms with Crippen molar-refractivity contribution in [3.63, 3.8) is 0 Å². The van der Waals surface area contributed by atoms with Crippen molar-refractivity contribution in [3.05, 3.63) is 70.2 Å². The van der Waals surface area contributed by atoms with E-state index in [0.717, 1.165) is 24.8 Å². The Labute approximate surface area is 165 Å². The molecule has 0 unspecified atom stereocenters. The Kier molecular flexibility index (Phi) is 6.88. The Morgan fingerprint density at radius 1 is 0.926 bits per heavy atom. The molecule has 0 saturated heterocycles. The highest BCUT2D eigenvalue weighted by Gasteiger charge is 2.17. The molecule has 0 radical (unpaired) electrons. The predicted octanol–water partition coefficient (Wildman–Crippen LogP) is 4.38. The van der Waals surface area contributed by atoms with Crippen LogP contribution in [0.4, 0.5) is 0 Å². The molecule has 0 heterocycles. The standard InChI is InChI=1S/C22H25ClN2O2/c23-19-11-9-16(10-12-19)13-14-24-21(26)17-5-4-6-18(15-17)22(27)25-20-7-2-1-3-8-20/h4-6,9-12,15,20H,1-3,7-8,13-14H2,(H,24,26)(H,25,27). The monoisotopic (exact) mass is 384 g/mol. The van der Waals surface area contributed by atoms with Crippen LogP contribution in [0.15, 0.2) is 48.5 Å². The topological polar surface area (TPSA) is 58.2 Å². The molecular formula is C22H25ClN2O2. The van der Waals surface area contributed by atoms with Gasteiger partial charge >= 0.3 is 0 Å². The average Bonchev–Trinajstić information content (AvgIpc) is 2.70. The minimum Gasteiger partial charge on any atom is -0.352 e.